The molecule has 1 unspecified atom stereocenters. The minimum Gasteiger partial charge on any atom is -0.388 e. The Balaban J connectivity index is 1.33. The quantitative estimate of drug-likeness (QED) is 0.256. The summed E-state index contributed by atoms with van der Waals surface area (Å²) in [6.45, 7) is 5.62. The van der Waals surface area contributed by atoms with Gasteiger partial charge in [-0.05, 0) is 55.9 Å². The number of amidine groups is 1. The number of hydrogen-bond acceptors (Lipinski definition) is 9. The molecule has 1 fully saturated rings. The third kappa shape index (κ3) is 5.77. The lowest BCUT2D eigenvalue weighted by molar-refractivity contribution is -0.0896. The number of aliphatic hydroxyl groups is 2. The first-order chi connectivity index (χ1) is 20.6. The number of rotatable bonds is 10. The van der Waals surface area contributed by atoms with Gasteiger partial charge in [0.05, 0.1) is 24.0 Å². The summed E-state index contributed by atoms with van der Waals surface area (Å²) in [5.74, 6) is 0.371. The zero-order valence-electron chi connectivity index (χ0n) is 24.3. The maximum atomic E-state index is 15.8. The Kier molecular flexibility index (Phi) is 7.75. The molecule has 0 radical (unpaired) electrons. The maximum Gasteiger partial charge on any atom is 0.304 e. The zero-order chi connectivity index (χ0) is 30.3. The molecule has 2 aromatic heterocycles. The van der Waals surface area contributed by atoms with Gasteiger partial charge in [-0.1, -0.05) is 54.9 Å². The van der Waals surface area contributed by atoms with Crippen LogP contribution in [0.2, 0.25) is 0 Å². The molecule has 43 heavy (non-hydrogen) atoms. The van der Waals surface area contributed by atoms with Crippen LogP contribution in [0.25, 0.3) is 16.9 Å². The van der Waals surface area contributed by atoms with Crippen molar-refractivity contribution in [3.05, 3.63) is 87.3 Å². The van der Waals surface area contributed by atoms with Gasteiger partial charge >= 0.3 is 6.41 Å². The van der Waals surface area contributed by atoms with Crippen LogP contribution in [0.3, 0.4) is 0 Å². The van der Waals surface area contributed by atoms with E-state index in [9.17, 15) is 15.0 Å². The molecule has 11 nitrogen and oxygen atoms in total. The fourth-order valence-corrected chi connectivity index (χ4v) is 5.67. The number of nitrogens with one attached hydrogen (secondary N) is 1. The topological polar surface area (TPSA) is 136 Å². The van der Waals surface area contributed by atoms with Gasteiger partial charge in [0.1, 0.15) is 12.1 Å². The van der Waals surface area contributed by atoms with Crippen molar-refractivity contribution in [2.75, 3.05) is 6.61 Å². The number of ether oxygens (including phenoxy) is 1. The van der Waals surface area contributed by atoms with Gasteiger partial charge < -0.3 is 25.1 Å². The molecule has 3 N–H and O–H groups in total. The van der Waals surface area contributed by atoms with Crippen molar-refractivity contribution in [1.29, 1.82) is 0 Å². The molecule has 1 saturated carbocycles. The number of halogens is 1. The molecule has 4 aromatic rings. The second-order valence-electron chi connectivity index (χ2n) is 11.8. The van der Waals surface area contributed by atoms with Crippen LogP contribution in [-0.4, -0.2) is 59.9 Å². The van der Waals surface area contributed by atoms with E-state index in [1.807, 2.05) is 37.3 Å². The molecule has 0 saturated heterocycles. The lowest BCUT2D eigenvalue weighted by atomic mass is 9.88. The Morgan fingerprint density at radius 2 is 1.95 bits per heavy atom. The first-order valence-corrected chi connectivity index (χ1v) is 14.5. The van der Waals surface area contributed by atoms with Gasteiger partial charge in [0.25, 0.3) is 5.56 Å². The Morgan fingerprint density at radius 1 is 1.19 bits per heavy atom. The normalized spacial score (nSPS) is 20.0. The van der Waals surface area contributed by atoms with Gasteiger partial charge in [-0.3, -0.25) is 9.36 Å². The molecule has 0 bridgehead atoms. The van der Waals surface area contributed by atoms with Crippen molar-refractivity contribution in [3.8, 4) is 11.1 Å². The van der Waals surface area contributed by atoms with Crippen LogP contribution in [0.1, 0.15) is 68.5 Å². The Bertz CT molecular complexity index is 1740. The van der Waals surface area contributed by atoms with E-state index in [0.29, 0.717) is 58.7 Å². The highest BCUT2D eigenvalue weighted by Gasteiger charge is 2.36. The molecule has 1 aliphatic heterocycles. The van der Waals surface area contributed by atoms with Crippen LogP contribution < -0.4 is 10.9 Å². The SMILES string of the molecule is CCCc1c(Cc2ccc(-c3ccccc3C3=NOC(O)N3)cc2F)c(=O)n([C@H]2C[C@H](OCC(C)(C)O)C2)c2ncnn12. The predicted molar refractivity (Wildman–Crippen MR) is 157 cm³/mol. The number of nitrogens with zero attached hydrogens (tertiary/aromatic N) is 5. The lowest BCUT2D eigenvalue weighted by Gasteiger charge is -2.37. The molecule has 1 aliphatic carbocycles. The summed E-state index contributed by atoms with van der Waals surface area (Å²) < 4.78 is 25.0. The minimum atomic E-state index is -1.24. The highest BCUT2D eigenvalue weighted by molar-refractivity contribution is 6.04. The largest absolute Gasteiger partial charge is 0.388 e. The summed E-state index contributed by atoms with van der Waals surface area (Å²) in [7, 11) is 0. The predicted octanol–water partition coefficient (Wildman–Crippen LogP) is 3.29. The van der Waals surface area contributed by atoms with Crippen LogP contribution >= 0.6 is 0 Å². The highest BCUT2D eigenvalue weighted by atomic mass is 19.1. The van der Waals surface area contributed by atoms with Crippen LogP contribution in [0.15, 0.2) is 58.7 Å². The summed E-state index contributed by atoms with van der Waals surface area (Å²) in [5, 5.41) is 30.7. The molecule has 12 heteroatoms. The van der Waals surface area contributed by atoms with Crippen LogP contribution in [-0.2, 0) is 22.4 Å². The summed E-state index contributed by atoms with van der Waals surface area (Å²) >= 11 is 0. The summed E-state index contributed by atoms with van der Waals surface area (Å²) in [6.07, 6.45) is 2.80. The first kappa shape index (κ1) is 29.0. The second kappa shape index (κ2) is 11.5. The van der Waals surface area contributed by atoms with Crippen molar-refractivity contribution >= 4 is 11.6 Å². The molecule has 2 aromatic carbocycles. The van der Waals surface area contributed by atoms with E-state index in [4.69, 9.17) is 9.57 Å². The van der Waals surface area contributed by atoms with E-state index < -0.39 is 17.8 Å². The molecule has 2 aliphatic rings. The molecule has 0 spiro atoms. The van der Waals surface area contributed by atoms with Crippen LogP contribution in [0.5, 0.6) is 0 Å². The van der Waals surface area contributed by atoms with E-state index in [-0.39, 0.29) is 30.7 Å². The second-order valence-corrected chi connectivity index (χ2v) is 11.8. The summed E-state index contributed by atoms with van der Waals surface area (Å²) in [4.78, 5) is 23.4. The maximum absolute atomic E-state index is 15.8. The van der Waals surface area contributed by atoms with E-state index >= 15 is 4.39 Å². The summed E-state index contributed by atoms with van der Waals surface area (Å²) in [5.41, 5.74) is 2.45. The monoisotopic (exact) mass is 590 g/mol. The summed E-state index contributed by atoms with van der Waals surface area (Å²) in [6, 6.07) is 12.1. The van der Waals surface area contributed by atoms with Crippen molar-refractivity contribution in [2.45, 2.75) is 77.0 Å². The molecule has 6 rings (SSSR count). The standard InChI is InChI=1S/C31H35FN6O5/c1-4-7-26-24(28(39)37(29-33-17-34-38(26)29)20-14-21(15-20)42-16-31(2,3)41)12-19-11-10-18(13-25(19)32)22-8-5-6-9-23(22)27-35-30(40)43-36-27/h5-6,8-11,13,17,20-21,30,40-41H,4,7,12,14-16H2,1-3H3,(H,35,36)/t20-,21-,30?. The first-order valence-electron chi connectivity index (χ1n) is 14.5. The van der Waals surface area contributed by atoms with Crippen molar-refractivity contribution in [3.63, 3.8) is 0 Å². The smallest absolute Gasteiger partial charge is 0.304 e. The molecule has 0 amide bonds. The highest BCUT2D eigenvalue weighted by Crippen LogP contribution is 2.35. The third-order valence-electron chi connectivity index (χ3n) is 7.84. The van der Waals surface area contributed by atoms with Gasteiger partial charge in [-0.2, -0.15) is 10.1 Å². The molecule has 3 heterocycles. The molecule has 226 valence electrons. The van der Waals surface area contributed by atoms with Crippen LogP contribution in [0.4, 0.5) is 4.39 Å². The Morgan fingerprint density at radius 3 is 2.63 bits per heavy atom. The average Bonchev–Trinajstić information content (AvgIpc) is 3.61. The van der Waals surface area contributed by atoms with Crippen molar-refractivity contribution in [1.82, 2.24) is 24.5 Å². The van der Waals surface area contributed by atoms with E-state index in [1.54, 1.807) is 29.0 Å². The third-order valence-corrected chi connectivity index (χ3v) is 7.84. The molecular formula is C31H35FN6O5. The number of hydrogen-bond donors (Lipinski definition) is 3. The van der Waals surface area contributed by atoms with Gasteiger partial charge in [-0.15, -0.1) is 0 Å². The van der Waals surface area contributed by atoms with E-state index in [2.05, 4.69) is 20.6 Å². The number of aromatic nitrogens is 4. The number of fused-ring (bicyclic) bond motifs is 1. The number of aryl methyl sites for hydroxylation is 1. The molecule has 1 atom stereocenters. The number of oxime groups is 1. The average molecular weight is 591 g/mol. The van der Waals surface area contributed by atoms with Crippen LogP contribution in [0, 0.1) is 5.82 Å². The molecular weight excluding hydrogens is 555 g/mol. The minimum absolute atomic E-state index is 0.0712. The van der Waals surface area contributed by atoms with E-state index in [1.165, 1.54) is 12.4 Å². The Hall–Kier alpha value is -4.13. The number of benzene rings is 2. The van der Waals surface area contributed by atoms with Gasteiger partial charge in [0, 0.05) is 23.6 Å². The van der Waals surface area contributed by atoms with Gasteiger partial charge in [-0.25, -0.2) is 8.91 Å². The van der Waals surface area contributed by atoms with Crippen molar-refractivity contribution < 1.29 is 24.2 Å². The Labute approximate surface area is 247 Å². The lowest BCUT2D eigenvalue weighted by Crippen LogP contribution is -2.42. The van der Waals surface area contributed by atoms with Gasteiger partial charge in [0.2, 0.25) is 5.78 Å². The van der Waals surface area contributed by atoms with Crippen molar-refractivity contribution in [2.24, 2.45) is 5.16 Å². The number of aliphatic hydroxyl groups excluding tert-OH is 1. The van der Waals surface area contributed by atoms with Gasteiger partial charge in [0.15, 0.2) is 5.84 Å². The fraction of sp³-hybridized carbons (Fsp3) is 0.419. The van der Waals surface area contributed by atoms with E-state index in [0.717, 1.165) is 12.1 Å². The fourth-order valence-electron chi connectivity index (χ4n) is 5.67. The zero-order valence-corrected chi connectivity index (χ0v) is 24.3.